The summed E-state index contributed by atoms with van der Waals surface area (Å²) in [5, 5.41) is 20.7. The summed E-state index contributed by atoms with van der Waals surface area (Å²) in [4.78, 5) is 21.5. The molecule has 4 atom stereocenters. The second-order valence-electron chi connectivity index (χ2n) is 7.72. The number of aryl methyl sites for hydroxylation is 1. The molecule has 0 radical (unpaired) electrons. The Kier molecular flexibility index (Phi) is 6.07. The van der Waals surface area contributed by atoms with Crippen LogP contribution in [0.15, 0.2) is 24.4 Å². The highest BCUT2D eigenvalue weighted by atomic mass is 19.1. The third-order valence-electron chi connectivity index (χ3n) is 5.73. The Morgan fingerprint density at radius 2 is 2.22 bits per heavy atom. The summed E-state index contributed by atoms with van der Waals surface area (Å²) in [7, 11) is 3.07. The summed E-state index contributed by atoms with van der Waals surface area (Å²) in [6.07, 6.45) is 2.02. The average Bonchev–Trinajstić information content (AvgIpc) is 3.07. The minimum absolute atomic E-state index is 0.0762. The molecule has 2 fully saturated rings. The van der Waals surface area contributed by atoms with Gasteiger partial charge in [-0.05, 0) is 18.6 Å². The number of hydrogen-bond donors (Lipinski definition) is 4. The summed E-state index contributed by atoms with van der Waals surface area (Å²) in [6, 6.07) is 6.36. The molecule has 4 N–H and O–H groups in total. The number of benzene rings is 1. The van der Waals surface area contributed by atoms with Gasteiger partial charge in [-0.2, -0.15) is 5.26 Å². The number of methoxy groups -OCH3 is 1. The molecule has 1 amide bonds. The fourth-order valence-electron chi connectivity index (χ4n) is 4.24. The summed E-state index contributed by atoms with van der Waals surface area (Å²) < 4.78 is 19.4. The molecule has 168 valence electrons. The molecular formula is C21H25FN8O2. The van der Waals surface area contributed by atoms with Crippen LogP contribution in [0.3, 0.4) is 0 Å². The molecule has 0 spiro atoms. The highest BCUT2D eigenvalue weighted by molar-refractivity contribution is 5.82. The maximum absolute atomic E-state index is 14.2. The number of anilines is 2. The molecule has 0 aliphatic carbocycles. The van der Waals surface area contributed by atoms with Gasteiger partial charge >= 0.3 is 0 Å². The Labute approximate surface area is 185 Å². The van der Waals surface area contributed by atoms with Crippen molar-refractivity contribution in [3.63, 3.8) is 0 Å². The zero-order valence-corrected chi connectivity index (χ0v) is 18.0. The van der Waals surface area contributed by atoms with E-state index in [4.69, 9.17) is 4.74 Å². The molecule has 0 saturated carbocycles. The summed E-state index contributed by atoms with van der Waals surface area (Å²) >= 11 is 0. The lowest BCUT2D eigenvalue weighted by Gasteiger charge is -2.38. The number of amides is 1. The van der Waals surface area contributed by atoms with E-state index in [2.05, 4.69) is 37.4 Å². The lowest BCUT2D eigenvalue weighted by Crippen LogP contribution is -2.61. The largest absolute Gasteiger partial charge is 0.492 e. The van der Waals surface area contributed by atoms with Crippen molar-refractivity contribution in [2.24, 2.45) is 5.92 Å². The Hall–Kier alpha value is -3.49. The second-order valence-corrected chi connectivity index (χ2v) is 7.72. The predicted octanol–water partition coefficient (Wildman–Crippen LogP) is 1.19. The highest BCUT2D eigenvalue weighted by Crippen LogP contribution is 2.33. The molecule has 2 aromatic rings. The molecular weight excluding hydrogens is 415 g/mol. The van der Waals surface area contributed by atoms with Crippen molar-refractivity contribution in [3.8, 4) is 11.8 Å². The molecule has 3 heterocycles. The van der Waals surface area contributed by atoms with Gasteiger partial charge in [0.15, 0.2) is 17.3 Å². The van der Waals surface area contributed by atoms with Gasteiger partial charge in [0.2, 0.25) is 5.91 Å². The second kappa shape index (κ2) is 8.94. The number of hydrogen-bond acceptors (Lipinski definition) is 9. The maximum Gasteiger partial charge on any atom is 0.244 e. The first-order valence-corrected chi connectivity index (χ1v) is 10.4. The third kappa shape index (κ3) is 4.02. The lowest BCUT2D eigenvalue weighted by atomic mass is 9.88. The standard InChI is InChI=1S/C21H25FN8O2/c1-4-12-15(9-23)26-17(10-24-12)27-16-8-14(18-20(28-16)29-30(2)21(18)31)25-13-7-5-6-11(22)19(13)32-3/h5-7,10,14,16,18,20,25,28-29H,4,8H2,1-3H3,(H,26,27). The van der Waals surface area contributed by atoms with Crippen molar-refractivity contribution in [1.29, 1.82) is 5.26 Å². The van der Waals surface area contributed by atoms with Crippen molar-refractivity contribution < 1.29 is 13.9 Å². The van der Waals surface area contributed by atoms with Crippen LogP contribution in [0.25, 0.3) is 0 Å². The number of carbonyl (C=O) groups is 1. The summed E-state index contributed by atoms with van der Waals surface area (Å²) in [5.41, 5.74) is 4.50. The Bertz CT molecular complexity index is 1060. The number of halogens is 1. The number of nitrogens with one attached hydrogen (secondary N) is 4. The number of carbonyl (C=O) groups excluding carboxylic acids is 1. The van der Waals surface area contributed by atoms with E-state index < -0.39 is 11.7 Å². The zero-order valence-electron chi connectivity index (χ0n) is 18.0. The lowest BCUT2D eigenvalue weighted by molar-refractivity contribution is -0.131. The van der Waals surface area contributed by atoms with E-state index in [0.717, 1.165) is 0 Å². The average molecular weight is 440 g/mol. The smallest absolute Gasteiger partial charge is 0.244 e. The van der Waals surface area contributed by atoms with Crippen LogP contribution < -0.4 is 26.1 Å². The molecule has 1 aromatic heterocycles. The van der Waals surface area contributed by atoms with Gasteiger partial charge in [-0.25, -0.2) is 14.8 Å². The SMILES string of the molecule is CCc1ncc(NC2CC(Nc3cccc(F)c3OC)C3C(=O)N(C)NC3N2)nc1C#N. The van der Waals surface area contributed by atoms with Gasteiger partial charge in [0.1, 0.15) is 11.9 Å². The van der Waals surface area contributed by atoms with Crippen LogP contribution >= 0.6 is 0 Å². The van der Waals surface area contributed by atoms with Crippen molar-refractivity contribution in [1.82, 2.24) is 25.7 Å². The van der Waals surface area contributed by atoms with E-state index in [1.54, 1.807) is 25.4 Å². The topological polar surface area (TPSA) is 127 Å². The monoisotopic (exact) mass is 440 g/mol. The van der Waals surface area contributed by atoms with E-state index in [0.29, 0.717) is 30.0 Å². The molecule has 2 aliphatic heterocycles. The first-order chi connectivity index (χ1) is 15.4. The molecule has 4 unspecified atom stereocenters. The quantitative estimate of drug-likeness (QED) is 0.524. The normalized spacial score (nSPS) is 24.6. The van der Waals surface area contributed by atoms with Crippen LogP contribution in [0.1, 0.15) is 24.7 Å². The minimum atomic E-state index is -0.485. The van der Waals surface area contributed by atoms with Crippen LogP contribution in [-0.2, 0) is 11.2 Å². The number of nitriles is 1. The van der Waals surface area contributed by atoms with Gasteiger partial charge in [-0.1, -0.05) is 13.0 Å². The van der Waals surface area contributed by atoms with Crippen molar-refractivity contribution >= 4 is 17.4 Å². The zero-order chi connectivity index (χ0) is 22.8. The molecule has 4 rings (SSSR count). The highest BCUT2D eigenvalue weighted by Gasteiger charge is 2.48. The van der Waals surface area contributed by atoms with Gasteiger partial charge < -0.3 is 15.4 Å². The van der Waals surface area contributed by atoms with E-state index in [-0.39, 0.29) is 35.7 Å². The molecule has 1 aromatic carbocycles. The van der Waals surface area contributed by atoms with Crippen LogP contribution in [0.4, 0.5) is 15.9 Å². The Morgan fingerprint density at radius 1 is 1.41 bits per heavy atom. The fourth-order valence-corrected chi connectivity index (χ4v) is 4.24. The molecule has 10 nitrogen and oxygen atoms in total. The first kappa shape index (κ1) is 21.7. The Morgan fingerprint density at radius 3 is 2.94 bits per heavy atom. The minimum Gasteiger partial charge on any atom is -0.492 e. The maximum atomic E-state index is 14.2. The van der Waals surface area contributed by atoms with E-state index in [9.17, 15) is 14.4 Å². The van der Waals surface area contributed by atoms with Crippen LogP contribution in [0, 0.1) is 23.1 Å². The van der Waals surface area contributed by atoms with E-state index >= 15 is 0 Å². The number of fused-ring (bicyclic) bond motifs is 1. The Balaban J connectivity index is 1.59. The fraction of sp³-hybridized carbons (Fsp3) is 0.429. The third-order valence-corrected chi connectivity index (χ3v) is 5.73. The van der Waals surface area contributed by atoms with Gasteiger partial charge in [0.25, 0.3) is 0 Å². The van der Waals surface area contributed by atoms with E-state index in [1.807, 2.05) is 6.92 Å². The van der Waals surface area contributed by atoms with Crippen molar-refractivity contribution in [3.05, 3.63) is 41.6 Å². The van der Waals surface area contributed by atoms with Gasteiger partial charge in [0, 0.05) is 19.5 Å². The van der Waals surface area contributed by atoms with Crippen LogP contribution in [0.2, 0.25) is 0 Å². The van der Waals surface area contributed by atoms with Crippen molar-refractivity contribution in [2.75, 3.05) is 24.8 Å². The molecule has 32 heavy (non-hydrogen) atoms. The van der Waals surface area contributed by atoms with Gasteiger partial charge in [0.05, 0.1) is 42.9 Å². The molecule has 2 aliphatic rings. The van der Waals surface area contributed by atoms with Gasteiger partial charge in [-0.3, -0.25) is 20.1 Å². The number of nitrogens with zero attached hydrogens (tertiary/aromatic N) is 4. The van der Waals surface area contributed by atoms with Crippen LogP contribution in [0.5, 0.6) is 5.75 Å². The number of ether oxygens (including phenoxy) is 1. The van der Waals surface area contributed by atoms with Gasteiger partial charge in [-0.15, -0.1) is 0 Å². The molecule has 0 bridgehead atoms. The number of rotatable bonds is 6. The van der Waals surface area contributed by atoms with Crippen molar-refractivity contribution in [2.45, 2.75) is 38.1 Å². The van der Waals surface area contributed by atoms with E-state index in [1.165, 1.54) is 18.2 Å². The first-order valence-electron chi connectivity index (χ1n) is 10.4. The molecule has 2 saturated heterocycles. The van der Waals surface area contributed by atoms with Crippen LogP contribution in [-0.4, -0.2) is 53.4 Å². The molecule has 11 heteroatoms. The number of para-hydroxylation sites is 1. The number of piperidine rings is 1. The number of hydrazine groups is 1. The predicted molar refractivity (Wildman–Crippen MR) is 115 cm³/mol. The summed E-state index contributed by atoms with van der Waals surface area (Å²) in [5.74, 6) is -0.434. The summed E-state index contributed by atoms with van der Waals surface area (Å²) in [6.45, 7) is 1.91. The number of aromatic nitrogens is 2.